The van der Waals surface area contributed by atoms with E-state index in [0.717, 1.165) is 16.2 Å². The number of carbonyl (C=O) groups excluding carboxylic acids is 2. The Kier molecular flexibility index (Phi) is 4.40. The molecule has 1 saturated heterocycles. The molecule has 3 aromatic rings. The van der Waals surface area contributed by atoms with E-state index in [0.29, 0.717) is 16.7 Å². The summed E-state index contributed by atoms with van der Waals surface area (Å²) in [5.74, 6) is -0.413. The van der Waals surface area contributed by atoms with Gasteiger partial charge in [-0.05, 0) is 16.7 Å². The minimum atomic E-state index is -1.33. The number of carbonyl (C=O) groups is 2. The molecule has 8 heteroatoms. The van der Waals surface area contributed by atoms with Crippen LogP contribution in [0.5, 0.6) is 0 Å². The van der Waals surface area contributed by atoms with Crippen molar-refractivity contribution in [2.75, 3.05) is 0 Å². The minimum absolute atomic E-state index is 0.0283. The molecule has 140 valence electrons. The Bertz CT molecular complexity index is 1010. The number of thiophene rings is 1. The molecule has 0 aliphatic carbocycles. The van der Waals surface area contributed by atoms with Gasteiger partial charge in [-0.3, -0.25) is 19.8 Å². The summed E-state index contributed by atoms with van der Waals surface area (Å²) in [6.07, 6.45) is 0. The molecule has 1 aliphatic rings. The molecule has 1 aliphatic heterocycles. The second kappa shape index (κ2) is 6.90. The van der Waals surface area contributed by atoms with Crippen LogP contribution in [-0.2, 0) is 16.9 Å². The van der Waals surface area contributed by atoms with Gasteiger partial charge < -0.3 is 5.32 Å². The van der Waals surface area contributed by atoms with Gasteiger partial charge >= 0.3 is 11.0 Å². The zero-order valence-corrected chi connectivity index (χ0v) is 15.4. The van der Waals surface area contributed by atoms with Gasteiger partial charge in [0.1, 0.15) is 0 Å². The molecule has 0 atom stereocenters. The van der Waals surface area contributed by atoms with Gasteiger partial charge in [-0.15, -0.1) is 0 Å². The highest BCUT2D eigenvalue weighted by Crippen LogP contribution is 2.37. The van der Waals surface area contributed by atoms with E-state index in [1.807, 2.05) is 36.4 Å². The van der Waals surface area contributed by atoms with Gasteiger partial charge in [0.15, 0.2) is 5.54 Å². The third kappa shape index (κ3) is 2.84. The van der Waals surface area contributed by atoms with E-state index in [9.17, 15) is 19.7 Å². The molecular formula is C20H15N3O4S. The van der Waals surface area contributed by atoms with Crippen molar-refractivity contribution in [1.82, 2.24) is 10.2 Å². The zero-order chi connectivity index (χ0) is 19.7. The van der Waals surface area contributed by atoms with Gasteiger partial charge in [-0.2, -0.15) is 0 Å². The number of nitro groups is 1. The lowest BCUT2D eigenvalue weighted by molar-refractivity contribution is -0.380. The lowest BCUT2D eigenvalue weighted by Crippen LogP contribution is -2.45. The molecule has 0 bridgehead atoms. The van der Waals surface area contributed by atoms with E-state index in [4.69, 9.17) is 0 Å². The van der Waals surface area contributed by atoms with Crippen LogP contribution in [0, 0.1) is 10.1 Å². The molecule has 1 N–H and O–H groups in total. The van der Waals surface area contributed by atoms with Crippen LogP contribution in [0.25, 0.3) is 0 Å². The molecule has 1 aromatic heterocycles. The van der Waals surface area contributed by atoms with Crippen molar-refractivity contribution < 1.29 is 14.5 Å². The highest BCUT2D eigenvalue weighted by atomic mass is 32.1. The summed E-state index contributed by atoms with van der Waals surface area (Å²) in [4.78, 5) is 37.8. The molecule has 7 nitrogen and oxygen atoms in total. The quantitative estimate of drug-likeness (QED) is 0.407. The van der Waals surface area contributed by atoms with Crippen molar-refractivity contribution in [3.8, 4) is 0 Å². The fraction of sp³-hybridized carbons (Fsp3) is 0.100. The molecule has 0 radical (unpaired) electrons. The Morgan fingerprint density at radius 1 is 1.00 bits per heavy atom. The van der Waals surface area contributed by atoms with Crippen molar-refractivity contribution in [3.05, 3.63) is 98.9 Å². The number of amides is 3. The zero-order valence-electron chi connectivity index (χ0n) is 14.6. The maximum atomic E-state index is 13.5. The fourth-order valence-corrected chi connectivity index (χ4v) is 4.10. The Morgan fingerprint density at radius 3 is 2.07 bits per heavy atom. The second-order valence-corrected chi connectivity index (χ2v) is 7.24. The van der Waals surface area contributed by atoms with E-state index in [2.05, 4.69) is 5.32 Å². The number of hydrogen-bond acceptors (Lipinski definition) is 5. The molecular weight excluding hydrogens is 378 g/mol. The number of urea groups is 1. The standard InChI is InChI=1S/C20H15N3O4S/c24-18-20(15-7-3-1-4-8-15,16-9-5-2-6-10-16)21-19(25)22(18)12-14-11-17(23(26)27)28-13-14/h1-11,13H,12H2,(H,21,25). The third-order valence-electron chi connectivity index (χ3n) is 4.68. The van der Waals surface area contributed by atoms with E-state index < -0.39 is 22.4 Å². The van der Waals surface area contributed by atoms with Gasteiger partial charge in [-0.1, -0.05) is 72.0 Å². The first-order chi connectivity index (χ1) is 13.5. The molecule has 0 unspecified atom stereocenters. The lowest BCUT2D eigenvalue weighted by Gasteiger charge is -2.28. The second-order valence-electron chi connectivity index (χ2n) is 6.35. The Labute approximate surface area is 164 Å². The molecule has 2 heterocycles. The fourth-order valence-electron chi connectivity index (χ4n) is 3.38. The maximum Gasteiger partial charge on any atom is 0.325 e. The highest BCUT2D eigenvalue weighted by Gasteiger charge is 2.53. The number of benzene rings is 2. The number of hydrogen-bond donors (Lipinski definition) is 1. The van der Waals surface area contributed by atoms with Crippen LogP contribution in [0.2, 0.25) is 0 Å². The number of rotatable bonds is 5. The van der Waals surface area contributed by atoms with Crippen molar-refractivity contribution in [1.29, 1.82) is 0 Å². The predicted molar refractivity (Wildman–Crippen MR) is 104 cm³/mol. The average Bonchev–Trinajstić information content (AvgIpc) is 3.29. The number of imide groups is 1. The molecule has 28 heavy (non-hydrogen) atoms. The number of nitrogens with one attached hydrogen (secondary N) is 1. The lowest BCUT2D eigenvalue weighted by atomic mass is 9.82. The number of nitrogens with zero attached hydrogens (tertiary/aromatic N) is 2. The van der Waals surface area contributed by atoms with Crippen LogP contribution in [0.3, 0.4) is 0 Å². The molecule has 0 saturated carbocycles. The molecule has 0 spiro atoms. The smallest absolute Gasteiger partial charge is 0.315 e. The summed E-state index contributed by atoms with van der Waals surface area (Å²) in [7, 11) is 0. The largest absolute Gasteiger partial charge is 0.325 e. The average molecular weight is 393 g/mol. The third-order valence-corrected chi connectivity index (χ3v) is 5.61. The van der Waals surface area contributed by atoms with Crippen molar-refractivity contribution in [2.45, 2.75) is 12.1 Å². The van der Waals surface area contributed by atoms with Crippen LogP contribution in [0.4, 0.5) is 9.80 Å². The first-order valence-electron chi connectivity index (χ1n) is 8.49. The van der Waals surface area contributed by atoms with E-state index >= 15 is 0 Å². The predicted octanol–water partition coefficient (Wildman–Crippen LogP) is 3.65. The highest BCUT2D eigenvalue weighted by molar-refractivity contribution is 7.13. The Balaban J connectivity index is 1.75. The van der Waals surface area contributed by atoms with Gasteiger partial charge in [0.2, 0.25) is 0 Å². The summed E-state index contributed by atoms with van der Waals surface area (Å²) < 4.78 is 0. The summed E-state index contributed by atoms with van der Waals surface area (Å²) in [6, 6.07) is 19.0. The first-order valence-corrected chi connectivity index (χ1v) is 9.37. The molecule has 1 fully saturated rings. The van der Waals surface area contributed by atoms with Crippen LogP contribution in [-0.4, -0.2) is 21.8 Å². The van der Waals surface area contributed by atoms with Gasteiger partial charge in [0.05, 0.1) is 11.5 Å². The summed E-state index contributed by atoms with van der Waals surface area (Å²) in [6.45, 7) is -0.0313. The summed E-state index contributed by atoms with van der Waals surface area (Å²) >= 11 is 0.967. The Morgan fingerprint density at radius 2 is 1.57 bits per heavy atom. The summed E-state index contributed by atoms with van der Waals surface area (Å²) in [5, 5.41) is 15.3. The van der Waals surface area contributed by atoms with Crippen molar-refractivity contribution in [3.63, 3.8) is 0 Å². The normalized spacial score (nSPS) is 15.5. The first kappa shape index (κ1) is 17.9. The van der Waals surface area contributed by atoms with Crippen LogP contribution >= 0.6 is 11.3 Å². The van der Waals surface area contributed by atoms with Crippen molar-refractivity contribution >= 4 is 28.3 Å². The maximum absolute atomic E-state index is 13.5. The van der Waals surface area contributed by atoms with Crippen LogP contribution in [0.1, 0.15) is 16.7 Å². The van der Waals surface area contributed by atoms with E-state index in [1.165, 1.54) is 6.07 Å². The molecule has 2 aromatic carbocycles. The van der Waals surface area contributed by atoms with E-state index in [1.54, 1.807) is 29.6 Å². The SMILES string of the molecule is O=C1NC(c2ccccc2)(c2ccccc2)C(=O)N1Cc1csc([N+](=O)[O-])c1. The van der Waals surface area contributed by atoms with Crippen LogP contribution in [0.15, 0.2) is 72.1 Å². The van der Waals surface area contributed by atoms with E-state index in [-0.39, 0.29) is 11.5 Å². The van der Waals surface area contributed by atoms with Gasteiger partial charge in [0, 0.05) is 11.4 Å². The monoisotopic (exact) mass is 393 g/mol. The van der Waals surface area contributed by atoms with Crippen LogP contribution < -0.4 is 5.32 Å². The summed E-state index contributed by atoms with van der Waals surface area (Å²) in [5.41, 5.74) is 0.510. The Hall–Kier alpha value is -3.52. The minimum Gasteiger partial charge on any atom is -0.315 e. The molecule has 3 amide bonds. The van der Waals surface area contributed by atoms with Crippen molar-refractivity contribution in [2.24, 2.45) is 0 Å². The van der Waals surface area contributed by atoms with Gasteiger partial charge in [-0.25, -0.2) is 4.79 Å². The van der Waals surface area contributed by atoms with Gasteiger partial charge in [0.25, 0.3) is 5.91 Å². The topological polar surface area (TPSA) is 92.6 Å². The molecule has 4 rings (SSSR count).